The number of benzene rings is 1. The van der Waals surface area contributed by atoms with Gasteiger partial charge in [0.05, 0.1) is 18.1 Å². The number of anilines is 1. The van der Waals surface area contributed by atoms with Gasteiger partial charge in [0, 0.05) is 12.5 Å². The van der Waals surface area contributed by atoms with E-state index in [0.717, 1.165) is 6.08 Å². The first kappa shape index (κ1) is 37.2. The minimum Gasteiger partial charge on any atom is -0.464 e. The number of amides is 2. The molecule has 12 nitrogen and oxygen atoms in total. The van der Waals surface area contributed by atoms with Crippen molar-refractivity contribution in [1.82, 2.24) is 15.8 Å². The number of alkyl halides is 6. The predicted octanol–water partition coefficient (Wildman–Crippen LogP) is 5.17. The predicted molar refractivity (Wildman–Crippen MR) is 150 cm³/mol. The molecule has 0 saturated carbocycles. The fraction of sp³-hybridized carbons (Fsp3) is 0.357. The number of nitrogens with one attached hydrogen (secondary N) is 3. The normalized spacial score (nSPS) is 13.5. The lowest BCUT2D eigenvalue weighted by molar-refractivity contribution is -0.385. The molecule has 2 aromatic rings. The number of nitrogens with zero attached hydrogens (tertiary/aromatic N) is 2. The van der Waals surface area contributed by atoms with Gasteiger partial charge in [-0.25, -0.2) is 9.78 Å². The molecule has 0 aliphatic rings. The Bertz CT molecular complexity index is 1440. The first-order chi connectivity index (χ1) is 21.5. The highest BCUT2D eigenvalue weighted by atomic mass is 19.4. The van der Waals surface area contributed by atoms with Crippen LogP contribution in [0.4, 0.5) is 37.8 Å². The summed E-state index contributed by atoms with van der Waals surface area (Å²) in [6.45, 7) is 7.22. The Morgan fingerprint density at radius 2 is 1.72 bits per heavy atom. The van der Waals surface area contributed by atoms with Gasteiger partial charge >= 0.3 is 24.0 Å². The topological polar surface area (TPSA) is 162 Å². The van der Waals surface area contributed by atoms with Gasteiger partial charge in [-0.3, -0.25) is 30.6 Å². The molecule has 0 fully saturated rings. The Balaban J connectivity index is 2.51. The largest absolute Gasteiger partial charge is 0.464 e. The third-order valence-corrected chi connectivity index (χ3v) is 6.14. The lowest BCUT2D eigenvalue weighted by Gasteiger charge is -2.33. The highest BCUT2D eigenvalue weighted by Gasteiger charge is 2.61. The summed E-state index contributed by atoms with van der Waals surface area (Å²) in [5.74, 6) is -5.98. The highest BCUT2D eigenvalue weighted by Crippen LogP contribution is 2.39. The van der Waals surface area contributed by atoms with E-state index < -0.39 is 82.5 Å². The van der Waals surface area contributed by atoms with Crippen molar-refractivity contribution in [3.8, 4) is 0 Å². The number of carbonyl (C=O) groups is 3. The molecule has 2 unspecified atom stereocenters. The molecule has 3 N–H and O–H groups in total. The van der Waals surface area contributed by atoms with E-state index in [4.69, 9.17) is 9.47 Å². The maximum Gasteiger partial charge on any atom is 0.427 e. The molecule has 0 radical (unpaired) electrons. The molecule has 0 bridgehead atoms. The minimum atomic E-state index is -5.39. The number of esters is 1. The SMILES string of the molecule is C=CCCC(Nc1nc(C(=O)NNC(=O)C(CC=C)(OCc2ccccc2)C(F)(F)F)c([N+](=O)[O-])cc1C(F)(F)F)C(=O)OCC. The van der Waals surface area contributed by atoms with Gasteiger partial charge in [-0.15, -0.1) is 13.2 Å². The van der Waals surface area contributed by atoms with Gasteiger partial charge in [0.15, 0.2) is 0 Å². The summed E-state index contributed by atoms with van der Waals surface area (Å²) in [5, 5.41) is 13.8. The summed E-state index contributed by atoms with van der Waals surface area (Å²) < 4.78 is 94.4. The number of hydrogen-bond donors (Lipinski definition) is 3. The number of allylic oxidation sites excluding steroid dienone is 1. The van der Waals surface area contributed by atoms with Gasteiger partial charge in [0.25, 0.3) is 11.8 Å². The number of ether oxygens (including phenoxy) is 2. The van der Waals surface area contributed by atoms with Crippen LogP contribution in [0.5, 0.6) is 0 Å². The van der Waals surface area contributed by atoms with E-state index in [0.29, 0.717) is 0 Å². The van der Waals surface area contributed by atoms with Crippen molar-refractivity contribution >= 4 is 29.3 Å². The number of halogens is 6. The molecular weight excluding hydrogens is 632 g/mol. The number of nitro groups is 1. The lowest BCUT2D eigenvalue weighted by Crippen LogP contribution is -2.61. The number of aromatic nitrogens is 1. The monoisotopic (exact) mass is 661 g/mol. The quantitative estimate of drug-likeness (QED) is 0.0769. The molecule has 1 aromatic carbocycles. The third kappa shape index (κ3) is 9.26. The Morgan fingerprint density at radius 1 is 1.07 bits per heavy atom. The molecule has 2 rings (SSSR count). The van der Waals surface area contributed by atoms with Crippen molar-refractivity contribution in [2.45, 2.75) is 56.8 Å². The second-order valence-electron chi connectivity index (χ2n) is 9.32. The summed E-state index contributed by atoms with van der Waals surface area (Å²) >= 11 is 0. The summed E-state index contributed by atoms with van der Waals surface area (Å²) in [4.78, 5) is 51.9. The number of hydrogen-bond acceptors (Lipinski definition) is 9. The van der Waals surface area contributed by atoms with Gasteiger partial charge in [-0.1, -0.05) is 42.5 Å². The van der Waals surface area contributed by atoms with Crippen LogP contribution in [-0.4, -0.2) is 52.1 Å². The Hall–Kier alpha value is -5.00. The lowest BCUT2D eigenvalue weighted by atomic mass is 9.97. The van der Waals surface area contributed by atoms with Gasteiger partial charge in [-0.05, 0) is 25.3 Å². The molecule has 1 heterocycles. The van der Waals surface area contributed by atoms with Gasteiger partial charge in [0.2, 0.25) is 11.3 Å². The standard InChI is InChI=1S/C28H29F6N5O7/c1-4-7-13-19(24(41)45-6-3)35-22-18(27(29,30)31)15-20(39(43)44)21(36-22)23(40)37-38-25(42)26(14-5-2,28(32,33)34)46-16-17-11-9-8-10-12-17/h4-5,8-12,15,19H,1-2,6-7,13-14,16H2,3H3,(H,35,36)(H,37,40)(H,38,42). The third-order valence-electron chi connectivity index (χ3n) is 6.14. The van der Waals surface area contributed by atoms with Crippen LogP contribution in [0.2, 0.25) is 0 Å². The van der Waals surface area contributed by atoms with E-state index in [-0.39, 0.29) is 31.1 Å². The molecule has 0 spiro atoms. The summed E-state index contributed by atoms with van der Waals surface area (Å²) in [6.07, 6.45) is -9.82. The first-order valence-corrected chi connectivity index (χ1v) is 13.3. The molecule has 18 heteroatoms. The maximum absolute atomic E-state index is 14.3. The van der Waals surface area contributed by atoms with Crippen LogP contribution in [0.15, 0.2) is 61.7 Å². The number of pyridine rings is 1. The second kappa shape index (κ2) is 15.8. The Kier molecular flexibility index (Phi) is 12.8. The van der Waals surface area contributed by atoms with Crippen LogP contribution in [0.25, 0.3) is 0 Å². The molecular formula is C28H29F6N5O7. The van der Waals surface area contributed by atoms with Gasteiger partial charge in [0.1, 0.15) is 17.4 Å². The number of carbonyl (C=O) groups excluding carboxylic acids is 3. The van der Waals surface area contributed by atoms with Crippen molar-refractivity contribution < 1.29 is 55.1 Å². The van der Waals surface area contributed by atoms with Crippen molar-refractivity contribution in [2.24, 2.45) is 0 Å². The Labute approximate surface area is 258 Å². The summed E-state index contributed by atoms with van der Waals surface area (Å²) in [5.41, 5.74) is -5.02. The first-order valence-electron chi connectivity index (χ1n) is 13.3. The van der Waals surface area contributed by atoms with E-state index >= 15 is 0 Å². The average Bonchev–Trinajstić information content (AvgIpc) is 2.98. The number of rotatable bonds is 15. The van der Waals surface area contributed by atoms with Crippen molar-refractivity contribution in [3.05, 3.63) is 88.6 Å². The Morgan fingerprint density at radius 3 is 2.24 bits per heavy atom. The molecule has 2 atom stereocenters. The average molecular weight is 662 g/mol. The molecule has 46 heavy (non-hydrogen) atoms. The molecule has 250 valence electrons. The maximum atomic E-state index is 14.3. The van der Waals surface area contributed by atoms with Crippen molar-refractivity contribution in [3.63, 3.8) is 0 Å². The van der Waals surface area contributed by atoms with E-state index in [1.54, 1.807) is 6.07 Å². The van der Waals surface area contributed by atoms with E-state index in [2.05, 4.69) is 23.5 Å². The molecule has 0 saturated heterocycles. The van der Waals surface area contributed by atoms with Gasteiger partial charge < -0.3 is 14.8 Å². The van der Waals surface area contributed by atoms with E-state index in [1.807, 2.05) is 0 Å². The molecule has 0 aliphatic heterocycles. The zero-order valence-corrected chi connectivity index (χ0v) is 24.2. The van der Waals surface area contributed by atoms with Gasteiger partial charge in [-0.2, -0.15) is 26.3 Å². The fourth-order valence-electron chi connectivity index (χ4n) is 3.88. The fourth-order valence-corrected chi connectivity index (χ4v) is 3.88. The number of hydrazine groups is 1. The van der Waals surface area contributed by atoms with Crippen LogP contribution in [0, 0.1) is 10.1 Å². The molecule has 0 aliphatic carbocycles. The molecule has 2 amide bonds. The summed E-state index contributed by atoms with van der Waals surface area (Å²) in [6, 6.07) is 5.88. The second-order valence-corrected chi connectivity index (χ2v) is 9.32. The van der Waals surface area contributed by atoms with Crippen LogP contribution in [0.1, 0.15) is 47.8 Å². The van der Waals surface area contributed by atoms with E-state index in [9.17, 15) is 50.8 Å². The highest BCUT2D eigenvalue weighted by molar-refractivity contribution is 5.98. The van der Waals surface area contributed by atoms with Crippen LogP contribution in [-0.2, 0) is 31.8 Å². The van der Waals surface area contributed by atoms with Crippen LogP contribution < -0.4 is 16.2 Å². The van der Waals surface area contributed by atoms with Crippen molar-refractivity contribution in [2.75, 3.05) is 11.9 Å². The van der Waals surface area contributed by atoms with Crippen LogP contribution >= 0.6 is 0 Å². The summed E-state index contributed by atoms with van der Waals surface area (Å²) in [7, 11) is 0. The smallest absolute Gasteiger partial charge is 0.427 e. The molecule has 1 aromatic heterocycles. The minimum absolute atomic E-state index is 0.0531. The van der Waals surface area contributed by atoms with Crippen molar-refractivity contribution in [1.29, 1.82) is 0 Å². The van der Waals surface area contributed by atoms with Crippen LogP contribution in [0.3, 0.4) is 0 Å². The van der Waals surface area contributed by atoms with E-state index in [1.165, 1.54) is 48.1 Å². The zero-order valence-electron chi connectivity index (χ0n) is 24.2. The zero-order chi connectivity index (χ0) is 34.7.